The lowest BCUT2D eigenvalue weighted by atomic mass is 9.85. The molecule has 0 bridgehead atoms. The molecular formula is C26H22O7. The number of ether oxygens (including phenoxy) is 6. The third-order valence-electron chi connectivity index (χ3n) is 5.60. The predicted molar refractivity (Wildman–Crippen MR) is 119 cm³/mol. The Hall–Kier alpha value is -4.13. The quantitative estimate of drug-likeness (QED) is 0.316. The molecule has 5 rings (SSSR count). The molecule has 0 aliphatic carbocycles. The van der Waals surface area contributed by atoms with E-state index in [1.807, 2.05) is 30.3 Å². The van der Waals surface area contributed by atoms with E-state index in [0.29, 0.717) is 40.9 Å². The van der Waals surface area contributed by atoms with Crippen LogP contribution in [0.25, 0.3) is 0 Å². The number of hydrogen-bond acceptors (Lipinski definition) is 7. The molecule has 0 unspecified atom stereocenters. The van der Waals surface area contributed by atoms with Gasteiger partial charge in [-0.15, -0.1) is 0 Å². The van der Waals surface area contributed by atoms with Crippen molar-refractivity contribution in [3.8, 4) is 34.5 Å². The van der Waals surface area contributed by atoms with Gasteiger partial charge in [0, 0.05) is 24.0 Å². The molecule has 3 aromatic rings. The Balaban J connectivity index is 1.47. The second-order valence-corrected chi connectivity index (χ2v) is 7.56. The van der Waals surface area contributed by atoms with Crippen molar-refractivity contribution < 1.29 is 33.2 Å². The molecule has 7 nitrogen and oxygen atoms in total. The molecular weight excluding hydrogens is 424 g/mol. The Morgan fingerprint density at radius 3 is 2.36 bits per heavy atom. The van der Waals surface area contributed by atoms with Gasteiger partial charge in [-0.1, -0.05) is 24.3 Å². The van der Waals surface area contributed by atoms with Crippen molar-refractivity contribution in [3.05, 3.63) is 83.6 Å². The van der Waals surface area contributed by atoms with Crippen LogP contribution >= 0.6 is 0 Å². The summed E-state index contributed by atoms with van der Waals surface area (Å²) in [5, 5.41) is 0. The summed E-state index contributed by atoms with van der Waals surface area (Å²) in [6.45, 7) is 0.166. The number of benzene rings is 3. The summed E-state index contributed by atoms with van der Waals surface area (Å²) in [6, 6.07) is 18.6. The number of rotatable bonds is 5. The predicted octanol–water partition coefficient (Wildman–Crippen LogP) is 4.84. The van der Waals surface area contributed by atoms with E-state index in [1.165, 1.54) is 13.2 Å². The van der Waals surface area contributed by atoms with Gasteiger partial charge in [0.05, 0.1) is 20.3 Å². The summed E-state index contributed by atoms with van der Waals surface area (Å²) in [7, 11) is 3.16. The second-order valence-electron chi connectivity index (χ2n) is 7.56. The lowest BCUT2D eigenvalue weighted by Gasteiger charge is -2.28. The van der Waals surface area contributed by atoms with Crippen LogP contribution in [0.15, 0.2) is 72.5 Å². The first kappa shape index (κ1) is 20.8. The number of carbonyl (C=O) groups excluding carboxylic acids is 1. The Morgan fingerprint density at radius 2 is 1.64 bits per heavy atom. The number of allylic oxidation sites excluding steroid dienone is 1. The average molecular weight is 446 g/mol. The van der Waals surface area contributed by atoms with Crippen LogP contribution in [0.4, 0.5) is 0 Å². The molecule has 168 valence electrons. The van der Waals surface area contributed by atoms with Crippen LogP contribution in [-0.2, 0) is 4.79 Å². The molecule has 0 saturated carbocycles. The highest BCUT2D eigenvalue weighted by atomic mass is 16.7. The van der Waals surface area contributed by atoms with Crippen LogP contribution in [0.3, 0.4) is 0 Å². The summed E-state index contributed by atoms with van der Waals surface area (Å²) in [5.74, 6) is 3.37. The summed E-state index contributed by atoms with van der Waals surface area (Å²) >= 11 is 0. The highest BCUT2D eigenvalue weighted by Crippen LogP contribution is 2.48. The smallest absolute Gasteiger partial charge is 0.339 e. The van der Waals surface area contributed by atoms with Gasteiger partial charge in [0.2, 0.25) is 6.79 Å². The zero-order chi connectivity index (χ0) is 22.8. The molecule has 0 N–H and O–H groups in total. The van der Waals surface area contributed by atoms with E-state index in [2.05, 4.69) is 0 Å². The zero-order valence-corrected chi connectivity index (χ0v) is 18.2. The molecule has 33 heavy (non-hydrogen) atoms. The van der Waals surface area contributed by atoms with Crippen LogP contribution in [0.5, 0.6) is 34.5 Å². The van der Waals surface area contributed by atoms with Gasteiger partial charge in [-0.05, 0) is 35.9 Å². The van der Waals surface area contributed by atoms with Gasteiger partial charge in [0.15, 0.2) is 23.0 Å². The van der Waals surface area contributed by atoms with Gasteiger partial charge in [-0.3, -0.25) is 0 Å². The van der Waals surface area contributed by atoms with Gasteiger partial charge in [0.25, 0.3) is 0 Å². The van der Waals surface area contributed by atoms with Crippen molar-refractivity contribution in [2.45, 2.75) is 12.3 Å². The number of para-hydroxylation sites is 2. The molecule has 3 aromatic carbocycles. The molecule has 2 aliphatic heterocycles. The van der Waals surface area contributed by atoms with E-state index >= 15 is 0 Å². The molecule has 0 spiro atoms. The molecule has 0 saturated heterocycles. The number of esters is 1. The minimum Gasteiger partial charge on any atom is -0.497 e. The van der Waals surface area contributed by atoms with Gasteiger partial charge < -0.3 is 28.4 Å². The molecule has 7 heteroatoms. The highest BCUT2D eigenvalue weighted by Gasteiger charge is 2.30. The number of hydrogen-bond donors (Lipinski definition) is 0. The Kier molecular flexibility index (Phi) is 5.52. The summed E-state index contributed by atoms with van der Waals surface area (Å²) in [4.78, 5) is 12.7. The van der Waals surface area contributed by atoms with Gasteiger partial charge in [-0.25, -0.2) is 4.79 Å². The molecule has 0 radical (unpaired) electrons. The normalized spacial score (nSPS) is 17.2. The SMILES string of the molecule is COc1ccc([C@H]2C/C(=C\C(=O)Oc3ccccc3OC)Oc3cc4c(cc32)OCO4)cc1. The molecule has 0 aromatic heterocycles. The average Bonchev–Trinajstić information content (AvgIpc) is 3.30. The Morgan fingerprint density at radius 1 is 0.909 bits per heavy atom. The lowest BCUT2D eigenvalue weighted by molar-refractivity contribution is -0.129. The number of fused-ring (bicyclic) bond motifs is 2. The second kappa shape index (κ2) is 8.78. The maximum Gasteiger partial charge on any atom is 0.339 e. The maximum atomic E-state index is 12.7. The van der Waals surface area contributed by atoms with Crippen LogP contribution in [0, 0.1) is 0 Å². The fraction of sp³-hybridized carbons (Fsp3) is 0.192. The number of methoxy groups -OCH3 is 2. The minimum absolute atomic E-state index is 0.0560. The lowest BCUT2D eigenvalue weighted by Crippen LogP contribution is -2.16. The fourth-order valence-electron chi connectivity index (χ4n) is 3.99. The van der Waals surface area contributed by atoms with Crippen LogP contribution in [0.2, 0.25) is 0 Å². The highest BCUT2D eigenvalue weighted by molar-refractivity contribution is 5.85. The summed E-state index contributed by atoms with van der Waals surface area (Å²) in [5.41, 5.74) is 2.02. The van der Waals surface area contributed by atoms with E-state index in [4.69, 9.17) is 28.4 Å². The summed E-state index contributed by atoms with van der Waals surface area (Å²) < 4.78 is 33.2. The van der Waals surface area contributed by atoms with E-state index in [1.54, 1.807) is 37.4 Å². The van der Waals surface area contributed by atoms with Crippen molar-refractivity contribution in [2.24, 2.45) is 0 Å². The van der Waals surface area contributed by atoms with Gasteiger partial charge in [-0.2, -0.15) is 0 Å². The van der Waals surface area contributed by atoms with E-state index in [9.17, 15) is 4.79 Å². The zero-order valence-electron chi connectivity index (χ0n) is 18.2. The van der Waals surface area contributed by atoms with E-state index in [-0.39, 0.29) is 12.7 Å². The third-order valence-corrected chi connectivity index (χ3v) is 5.60. The first-order chi connectivity index (χ1) is 16.1. The fourth-order valence-corrected chi connectivity index (χ4v) is 3.99. The minimum atomic E-state index is -0.549. The Labute approximate surface area is 191 Å². The largest absolute Gasteiger partial charge is 0.497 e. The Bertz CT molecular complexity index is 1210. The maximum absolute atomic E-state index is 12.7. The number of carbonyl (C=O) groups is 1. The third kappa shape index (κ3) is 4.17. The van der Waals surface area contributed by atoms with Gasteiger partial charge >= 0.3 is 5.97 Å². The van der Waals surface area contributed by atoms with Crippen molar-refractivity contribution >= 4 is 5.97 Å². The van der Waals surface area contributed by atoms with Crippen molar-refractivity contribution in [1.29, 1.82) is 0 Å². The standard InChI is InChI=1S/C26H22O7/c1-28-17-9-7-16(8-10-17)19-11-18(12-26(27)33-22-6-4-3-5-21(22)29-2)32-23-14-25-24(13-20(19)23)30-15-31-25/h3-10,12-14,19H,11,15H2,1-2H3/b18-12+/t19-/m1/s1. The van der Waals surface area contributed by atoms with Crippen molar-refractivity contribution in [1.82, 2.24) is 0 Å². The van der Waals surface area contributed by atoms with Crippen molar-refractivity contribution in [2.75, 3.05) is 21.0 Å². The van der Waals surface area contributed by atoms with Crippen molar-refractivity contribution in [3.63, 3.8) is 0 Å². The molecule has 0 fully saturated rings. The summed E-state index contributed by atoms with van der Waals surface area (Å²) in [6.07, 6.45) is 1.84. The molecule has 2 heterocycles. The van der Waals surface area contributed by atoms with Crippen LogP contribution in [0.1, 0.15) is 23.5 Å². The topological polar surface area (TPSA) is 72.5 Å². The first-order valence-corrected chi connectivity index (χ1v) is 10.5. The van der Waals surface area contributed by atoms with E-state index < -0.39 is 5.97 Å². The molecule has 1 atom stereocenters. The molecule has 0 amide bonds. The molecule has 2 aliphatic rings. The van der Waals surface area contributed by atoms with E-state index in [0.717, 1.165) is 16.9 Å². The first-order valence-electron chi connectivity index (χ1n) is 10.5. The van der Waals surface area contributed by atoms with Crippen LogP contribution in [-0.4, -0.2) is 27.0 Å². The van der Waals surface area contributed by atoms with Gasteiger partial charge in [0.1, 0.15) is 17.3 Å². The monoisotopic (exact) mass is 446 g/mol. The van der Waals surface area contributed by atoms with Crippen LogP contribution < -0.4 is 28.4 Å².